The van der Waals surface area contributed by atoms with Crippen LogP contribution in [0.3, 0.4) is 0 Å². The average molecular weight is 256 g/mol. The average Bonchev–Trinajstić information content (AvgIpc) is 2.68. The Balaban J connectivity index is 2.05. The van der Waals surface area contributed by atoms with E-state index in [0.29, 0.717) is 12.5 Å². The summed E-state index contributed by atoms with van der Waals surface area (Å²) in [6, 6.07) is 8.27. The molecule has 0 saturated heterocycles. The van der Waals surface area contributed by atoms with Crippen LogP contribution in [0.25, 0.3) is 11.2 Å². The summed E-state index contributed by atoms with van der Waals surface area (Å²) in [5, 5.41) is 0. The van der Waals surface area contributed by atoms with Crippen LogP contribution >= 0.6 is 0 Å². The van der Waals surface area contributed by atoms with Gasteiger partial charge in [0.2, 0.25) is 5.95 Å². The van der Waals surface area contributed by atoms with Crippen molar-refractivity contribution >= 4 is 17.1 Å². The fourth-order valence-electron chi connectivity index (χ4n) is 2.06. The monoisotopic (exact) mass is 256 g/mol. The summed E-state index contributed by atoms with van der Waals surface area (Å²) in [4.78, 5) is 8.65. The number of nitrogen functional groups attached to an aromatic ring is 1. The van der Waals surface area contributed by atoms with E-state index in [1.54, 1.807) is 18.3 Å². The smallest absolute Gasteiger partial charge is 0.202 e. The predicted octanol–water partition coefficient (Wildman–Crippen LogP) is 2.51. The molecule has 0 aliphatic rings. The molecular formula is C14H13FN4. The number of nitrogens with two attached hydrogens (primary N) is 1. The van der Waals surface area contributed by atoms with Crippen LogP contribution in [-0.4, -0.2) is 14.5 Å². The third-order valence-corrected chi connectivity index (χ3v) is 3.01. The normalized spacial score (nSPS) is 11.1. The van der Waals surface area contributed by atoms with Gasteiger partial charge in [0, 0.05) is 6.20 Å². The van der Waals surface area contributed by atoms with Gasteiger partial charge >= 0.3 is 0 Å². The maximum absolute atomic E-state index is 12.9. The van der Waals surface area contributed by atoms with Crippen molar-refractivity contribution in [3.8, 4) is 0 Å². The number of fused-ring (bicyclic) bond motifs is 1. The van der Waals surface area contributed by atoms with Crippen molar-refractivity contribution in [3.05, 3.63) is 53.5 Å². The molecule has 5 heteroatoms. The van der Waals surface area contributed by atoms with Crippen LogP contribution in [0.15, 0.2) is 36.5 Å². The van der Waals surface area contributed by atoms with Crippen LogP contribution in [0.2, 0.25) is 0 Å². The molecule has 0 unspecified atom stereocenters. The Morgan fingerprint density at radius 3 is 2.74 bits per heavy atom. The highest BCUT2D eigenvalue weighted by atomic mass is 19.1. The van der Waals surface area contributed by atoms with Crippen LogP contribution in [0, 0.1) is 12.7 Å². The number of pyridine rings is 1. The van der Waals surface area contributed by atoms with E-state index in [1.165, 1.54) is 12.1 Å². The zero-order valence-corrected chi connectivity index (χ0v) is 10.5. The van der Waals surface area contributed by atoms with Gasteiger partial charge in [-0.2, -0.15) is 0 Å². The lowest BCUT2D eigenvalue weighted by Gasteiger charge is -2.06. The van der Waals surface area contributed by atoms with Gasteiger partial charge < -0.3 is 5.73 Å². The highest BCUT2D eigenvalue weighted by Crippen LogP contribution is 2.18. The van der Waals surface area contributed by atoms with Gasteiger partial charge in [-0.05, 0) is 36.2 Å². The molecule has 0 radical (unpaired) electrons. The lowest BCUT2D eigenvalue weighted by Crippen LogP contribution is -2.05. The fourth-order valence-corrected chi connectivity index (χ4v) is 2.06. The minimum atomic E-state index is -0.249. The van der Waals surface area contributed by atoms with Crippen molar-refractivity contribution in [1.82, 2.24) is 14.5 Å². The van der Waals surface area contributed by atoms with Gasteiger partial charge in [-0.15, -0.1) is 0 Å². The molecule has 2 aromatic heterocycles. The number of aromatic nitrogens is 3. The molecule has 2 heterocycles. The first-order valence-electron chi connectivity index (χ1n) is 5.96. The number of rotatable bonds is 2. The van der Waals surface area contributed by atoms with Crippen molar-refractivity contribution in [2.45, 2.75) is 13.5 Å². The molecule has 4 nitrogen and oxygen atoms in total. The number of hydrogen-bond donors (Lipinski definition) is 1. The molecule has 0 aliphatic carbocycles. The Kier molecular flexibility index (Phi) is 2.67. The van der Waals surface area contributed by atoms with Crippen molar-refractivity contribution in [2.75, 3.05) is 5.73 Å². The summed E-state index contributed by atoms with van der Waals surface area (Å²) in [6.07, 6.45) is 1.78. The highest BCUT2D eigenvalue weighted by molar-refractivity contribution is 5.74. The van der Waals surface area contributed by atoms with Crippen molar-refractivity contribution in [1.29, 1.82) is 0 Å². The van der Waals surface area contributed by atoms with E-state index >= 15 is 0 Å². The van der Waals surface area contributed by atoms with Gasteiger partial charge in [0.05, 0.1) is 6.54 Å². The van der Waals surface area contributed by atoms with E-state index < -0.39 is 0 Å². The van der Waals surface area contributed by atoms with Gasteiger partial charge in [0.25, 0.3) is 0 Å². The predicted molar refractivity (Wildman–Crippen MR) is 72.2 cm³/mol. The Labute approximate surface area is 109 Å². The van der Waals surface area contributed by atoms with Crippen LogP contribution in [0.5, 0.6) is 0 Å². The lowest BCUT2D eigenvalue weighted by atomic mass is 10.2. The summed E-state index contributed by atoms with van der Waals surface area (Å²) in [7, 11) is 0. The van der Waals surface area contributed by atoms with Crippen LogP contribution in [0.1, 0.15) is 11.1 Å². The van der Waals surface area contributed by atoms with Gasteiger partial charge in [0.1, 0.15) is 11.3 Å². The van der Waals surface area contributed by atoms with Gasteiger partial charge in [-0.3, -0.25) is 4.57 Å². The van der Waals surface area contributed by atoms with Gasteiger partial charge in [-0.1, -0.05) is 12.1 Å². The summed E-state index contributed by atoms with van der Waals surface area (Å²) < 4.78 is 14.7. The third kappa shape index (κ3) is 2.14. The molecule has 0 saturated carbocycles. The summed E-state index contributed by atoms with van der Waals surface area (Å²) in [5.41, 5.74) is 9.43. The number of hydrogen-bond acceptors (Lipinski definition) is 3. The zero-order valence-electron chi connectivity index (χ0n) is 10.5. The van der Waals surface area contributed by atoms with E-state index in [-0.39, 0.29) is 5.82 Å². The van der Waals surface area contributed by atoms with E-state index in [2.05, 4.69) is 9.97 Å². The minimum Gasteiger partial charge on any atom is -0.369 e. The molecule has 19 heavy (non-hydrogen) atoms. The molecule has 0 bridgehead atoms. The molecule has 0 amide bonds. The molecule has 3 rings (SSSR count). The molecule has 3 aromatic rings. The second-order valence-electron chi connectivity index (χ2n) is 4.54. The number of halogens is 1. The maximum Gasteiger partial charge on any atom is 0.202 e. The second kappa shape index (κ2) is 4.35. The van der Waals surface area contributed by atoms with Gasteiger partial charge in [0.15, 0.2) is 5.65 Å². The molecule has 0 atom stereocenters. The Bertz CT molecular complexity index is 731. The highest BCUT2D eigenvalue weighted by Gasteiger charge is 2.09. The van der Waals surface area contributed by atoms with E-state index in [9.17, 15) is 4.39 Å². The summed E-state index contributed by atoms with van der Waals surface area (Å²) in [5.74, 6) is 0.165. The fraction of sp³-hybridized carbons (Fsp3) is 0.143. The van der Waals surface area contributed by atoms with Crippen molar-refractivity contribution in [3.63, 3.8) is 0 Å². The first-order valence-corrected chi connectivity index (χ1v) is 5.96. The molecule has 96 valence electrons. The molecule has 0 fully saturated rings. The van der Waals surface area contributed by atoms with Crippen LogP contribution < -0.4 is 5.73 Å². The Morgan fingerprint density at radius 1 is 1.26 bits per heavy atom. The lowest BCUT2D eigenvalue weighted by molar-refractivity contribution is 0.626. The van der Waals surface area contributed by atoms with E-state index in [1.807, 2.05) is 17.6 Å². The largest absolute Gasteiger partial charge is 0.369 e. The second-order valence-corrected chi connectivity index (χ2v) is 4.54. The molecule has 1 aromatic carbocycles. The Morgan fingerprint density at radius 2 is 2.00 bits per heavy atom. The first-order chi connectivity index (χ1) is 9.13. The summed E-state index contributed by atoms with van der Waals surface area (Å²) in [6.45, 7) is 2.49. The number of benzene rings is 1. The molecule has 0 aliphatic heterocycles. The van der Waals surface area contributed by atoms with Crippen LogP contribution in [-0.2, 0) is 6.54 Å². The number of aryl methyl sites for hydroxylation is 1. The molecular weight excluding hydrogens is 243 g/mol. The third-order valence-electron chi connectivity index (χ3n) is 3.01. The Hall–Kier alpha value is -2.43. The number of nitrogens with zero attached hydrogens (tertiary/aromatic N) is 3. The SMILES string of the molecule is Cc1cnc2c(c1)nc(N)n2Cc1ccc(F)cc1. The van der Waals surface area contributed by atoms with Crippen LogP contribution in [0.4, 0.5) is 10.3 Å². The van der Waals surface area contributed by atoms with Crippen molar-refractivity contribution in [2.24, 2.45) is 0 Å². The number of anilines is 1. The summed E-state index contributed by atoms with van der Waals surface area (Å²) >= 11 is 0. The van der Waals surface area contributed by atoms with E-state index in [4.69, 9.17) is 5.73 Å². The van der Waals surface area contributed by atoms with E-state index in [0.717, 1.165) is 22.3 Å². The first kappa shape index (κ1) is 11.6. The quantitative estimate of drug-likeness (QED) is 0.766. The topological polar surface area (TPSA) is 56.7 Å². The standard InChI is InChI=1S/C14H13FN4/c1-9-6-12-13(17-7-9)19(14(16)18-12)8-10-2-4-11(15)5-3-10/h2-7H,8H2,1H3,(H2,16,18). The molecule has 0 spiro atoms. The van der Waals surface area contributed by atoms with Gasteiger partial charge in [-0.25, -0.2) is 14.4 Å². The maximum atomic E-state index is 12.9. The minimum absolute atomic E-state index is 0.249. The molecule has 2 N–H and O–H groups in total. The number of imidazole rings is 1. The zero-order chi connectivity index (χ0) is 13.4. The van der Waals surface area contributed by atoms with Crippen molar-refractivity contribution < 1.29 is 4.39 Å².